The van der Waals surface area contributed by atoms with Crippen molar-refractivity contribution in [3.05, 3.63) is 88.4 Å². The second-order valence-corrected chi connectivity index (χ2v) is 10.1. The number of hydrogen-bond acceptors (Lipinski definition) is 5. The Morgan fingerprint density at radius 2 is 1.84 bits per heavy atom. The maximum atomic E-state index is 13.7. The van der Waals surface area contributed by atoms with Crippen molar-refractivity contribution in [1.82, 2.24) is 15.1 Å². The molecule has 2 aliphatic heterocycles. The number of benzene rings is 2. The van der Waals surface area contributed by atoms with Crippen LogP contribution in [0.2, 0.25) is 0 Å². The highest BCUT2D eigenvalue weighted by Gasteiger charge is 2.47. The first-order valence-corrected chi connectivity index (χ1v) is 12.9. The van der Waals surface area contributed by atoms with Crippen LogP contribution in [0.1, 0.15) is 46.4 Å². The van der Waals surface area contributed by atoms with E-state index in [1.54, 1.807) is 25.4 Å². The first kappa shape index (κ1) is 24.1. The van der Waals surface area contributed by atoms with E-state index in [0.29, 0.717) is 56.0 Å². The Bertz CT molecular complexity index is 1480. The fourth-order valence-electron chi connectivity index (χ4n) is 5.79. The Hall–Kier alpha value is -4.24. The molecular weight excluding hydrogens is 482 g/mol. The number of fused-ring (bicyclic) bond motifs is 3. The van der Waals surface area contributed by atoms with Gasteiger partial charge in [-0.15, -0.1) is 0 Å². The van der Waals surface area contributed by atoms with Crippen molar-refractivity contribution in [2.75, 3.05) is 23.8 Å². The molecule has 3 aliphatic rings. The zero-order valence-electron chi connectivity index (χ0n) is 21.2. The van der Waals surface area contributed by atoms with Crippen molar-refractivity contribution in [2.45, 2.75) is 37.5 Å². The fraction of sp³-hybridized carbons (Fsp3) is 0.310. The molecule has 2 aromatic carbocycles. The molecule has 3 aromatic rings. The molecule has 6 rings (SSSR count). The lowest BCUT2D eigenvalue weighted by atomic mass is 9.75. The standard InChI is InChI=1S/C29H29N5O4/c1-34-24(10-13-30-34)26(35)33-25(20-7-6-18-4-2-3-5-19(18)16-20)27(36)31-21-8-9-22-23(17-21)32-28(37)29(22)11-14-38-15-12-29/h2-5,8-10,13,17H,6-7,11-12,14-16H2,1H3,(H,31,36)(H,32,37)(H,33,35)/b25-20-. The molecule has 38 heavy (non-hydrogen) atoms. The minimum absolute atomic E-state index is 0.0219. The van der Waals surface area contributed by atoms with Crippen molar-refractivity contribution >= 4 is 29.1 Å². The van der Waals surface area contributed by atoms with E-state index in [1.165, 1.54) is 10.2 Å². The molecule has 1 aromatic heterocycles. The monoisotopic (exact) mass is 511 g/mol. The molecule has 3 N–H and O–H groups in total. The van der Waals surface area contributed by atoms with Crippen LogP contribution in [0.4, 0.5) is 11.4 Å². The molecular formula is C29H29N5O4. The van der Waals surface area contributed by atoms with Crippen molar-refractivity contribution < 1.29 is 19.1 Å². The topological polar surface area (TPSA) is 114 Å². The number of rotatable bonds is 4. The molecule has 1 fully saturated rings. The normalized spacial score (nSPS) is 18.8. The van der Waals surface area contributed by atoms with Gasteiger partial charge < -0.3 is 20.7 Å². The maximum Gasteiger partial charge on any atom is 0.274 e. The molecule has 0 saturated carbocycles. The van der Waals surface area contributed by atoms with Crippen molar-refractivity contribution in [3.63, 3.8) is 0 Å². The summed E-state index contributed by atoms with van der Waals surface area (Å²) in [6.45, 7) is 1.09. The Kier molecular flexibility index (Phi) is 6.07. The molecule has 9 nitrogen and oxygen atoms in total. The van der Waals surface area contributed by atoms with Crippen molar-refractivity contribution in [1.29, 1.82) is 0 Å². The summed E-state index contributed by atoms with van der Waals surface area (Å²) in [7, 11) is 1.68. The SMILES string of the molecule is Cn1nccc1C(=O)N/C(C(=O)Nc1ccc2c(c1)NC(=O)C21CCOCC1)=C1/CCc2ccccc2C1. The Morgan fingerprint density at radius 3 is 2.61 bits per heavy atom. The summed E-state index contributed by atoms with van der Waals surface area (Å²) in [5, 5.41) is 12.9. The molecule has 9 heteroatoms. The molecule has 1 spiro atoms. The quantitative estimate of drug-likeness (QED) is 0.466. The van der Waals surface area contributed by atoms with Crippen LogP contribution in [0.3, 0.4) is 0 Å². The van der Waals surface area contributed by atoms with Gasteiger partial charge in [0.2, 0.25) is 5.91 Å². The first-order valence-electron chi connectivity index (χ1n) is 12.9. The van der Waals surface area contributed by atoms with E-state index in [9.17, 15) is 14.4 Å². The van der Waals surface area contributed by atoms with Gasteiger partial charge in [-0.1, -0.05) is 30.3 Å². The number of allylic oxidation sites excluding steroid dienone is 1. The van der Waals surface area contributed by atoms with Crippen molar-refractivity contribution in [2.24, 2.45) is 7.05 Å². The first-order chi connectivity index (χ1) is 18.4. The maximum absolute atomic E-state index is 13.7. The average Bonchev–Trinajstić information content (AvgIpc) is 3.47. The van der Waals surface area contributed by atoms with Crippen LogP contribution in [-0.2, 0) is 39.6 Å². The minimum Gasteiger partial charge on any atom is -0.381 e. The van der Waals surface area contributed by atoms with Crippen LogP contribution in [0, 0.1) is 0 Å². The molecule has 1 aliphatic carbocycles. The Labute approximate surface area is 220 Å². The minimum atomic E-state index is -0.574. The zero-order valence-corrected chi connectivity index (χ0v) is 21.2. The summed E-state index contributed by atoms with van der Waals surface area (Å²) in [5.74, 6) is -0.824. The average molecular weight is 512 g/mol. The molecule has 3 amide bonds. The Balaban J connectivity index is 1.30. The van der Waals surface area contributed by atoms with Crippen molar-refractivity contribution in [3.8, 4) is 0 Å². The second-order valence-electron chi connectivity index (χ2n) is 10.1. The highest BCUT2D eigenvalue weighted by Crippen LogP contribution is 2.45. The predicted molar refractivity (Wildman–Crippen MR) is 142 cm³/mol. The van der Waals surface area contributed by atoms with Crippen LogP contribution in [0.25, 0.3) is 0 Å². The number of hydrogen-bond donors (Lipinski definition) is 3. The number of nitrogens with zero attached hydrogens (tertiary/aromatic N) is 2. The summed E-state index contributed by atoms with van der Waals surface area (Å²) in [5.41, 5.74) is 5.49. The van der Waals surface area contributed by atoms with Gasteiger partial charge in [-0.3, -0.25) is 19.1 Å². The molecule has 0 unspecified atom stereocenters. The smallest absolute Gasteiger partial charge is 0.274 e. The molecule has 3 heterocycles. The van der Waals surface area contributed by atoms with Gasteiger partial charge in [0.05, 0.1) is 5.41 Å². The third kappa shape index (κ3) is 4.18. The number of aromatic nitrogens is 2. The zero-order chi connectivity index (χ0) is 26.3. The van der Waals surface area contributed by atoms with E-state index in [4.69, 9.17) is 4.74 Å². The van der Waals surface area contributed by atoms with Crippen LogP contribution >= 0.6 is 0 Å². The lowest BCUT2D eigenvalue weighted by Gasteiger charge is -2.31. The number of carbonyl (C=O) groups excluding carboxylic acids is 3. The van der Waals surface area contributed by atoms with Gasteiger partial charge in [0.15, 0.2) is 0 Å². The highest BCUT2D eigenvalue weighted by atomic mass is 16.5. The lowest BCUT2D eigenvalue weighted by molar-refractivity contribution is -0.124. The molecule has 1 saturated heterocycles. The summed E-state index contributed by atoms with van der Waals surface area (Å²) < 4.78 is 6.96. The van der Waals surface area contributed by atoms with Gasteiger partial charge >= 0.3 is 0 Å². The summed E-state index contributed by atoms with van der Waals surface area (Å²) >= 11 is 0. The fourth-order valence-corrected chi connectivity index (χ4v) is 5.79. The third-order valence-corrected chi connectivity index (χ3v) is 7.91. The molecule has 0 radical (unpaired) electrons. The number of carbonyl (C=O) groups is 3. The van der Waals surface area contributed by atoms with Crippen LogP contribution < -0.4 is 16.0 Å². The van der Waals surface area contributed by atoms with E-state index in [1.807, 2.05) is 24.3 Å². The van der Waals surface area contributed by atoms with Gasteiger partial charge in [0.25, 0.3) is 11.8 Å². The number of anilines is 2. The van der Waals surface area contributed by atoms with E-state index in [2.05, 4.69) is 33.2 Å². The predicted octanol–water partition coefficient (Wildman–Crippen LogP) is 3.23. The van der Waals surface area contributed by atoms with E-state index in [0.717, 1.165) is 23.1 Å². The third-order valence-electron chi connectivity index (χ3n) is 7.91. The number of ether oxygens (including phenoxy) is 1. The van der Waals surface area contributed by atoms with Gasteiger partial charge in [-0.25, -0.2) is 0 Å². The molecule has 194 valence electrons. The van der Waals surface area contributed by atoms with Gasteiger partial charge in [0, 0.05) is 37.8 Å². The van der Waals surface area contributed by atoms with Gasteiger partial charge in [-0.05, 0) is 72.6 Å². The second kappa shape index (κ2) is 9.57. The number of aryl methyl sites for hydroxylation is 2. The summed E-state index contributed by atoms with van der Waals surface area (Å²) in [6.07, 6.45) is 4.85. The molecule has 0 bridgehead atoms. The van der Waals surface area contributed by atoms with Crippen LogP contribution in [-0.4, -0.2) is 40.7 Å². The lowest BCUT2D eigenvalue weighted by Crippen LogP contribution is -2.39. The summed E-state index contributed by atoms with van der Waals surface area (Å²) in [6, 6.07) is 15.3. The van der Waals surface area contributed by atoms with Gasteiger partial charge in [-0.2, -0.15) is 5.10 Å². The summed E-state index contributed by atoms with van der Waals surface area (Å²) in [4.78, 5) is 39.7. The largest absolute Gasteiger partial charge is 0.381 e. The Morgan fingerprint density at radius 1 is 1.05 bits per heavy atom. The van der Waals surface area contributed by atoms with Crippen LogP contribution in [0.15, 0.2) is 66.0 Å². The van der Waals surface area contributed by atoms with E-state index in [-0.39, 0.29) is 11.6 Å². The van der Waals surface area contributed by atoms with E-state index >= 15 is 0 Å². The van der Waals surface area contributed by atoms with Gasteiger partial charge in [0.1, 0.15) is 11.4 Å². The molecule has 0 atom stereocenters. The highest BCUT2D eigenvalue weighted by molar-refractivity contribution is 6.10. The number of nitrogens with one attached hydrogen (secondary N) is 3. The van der Waals surface area contributed by atoms with Crippen LogP contribution in [0.5, 0.6) is 0 Å². The van der Waals surface area contributed by atoms with E-state index < -0.39 is 17.2 Å². The number of amides is 3.